The number of carbonyl (C=O) groups is 1. The highest BCUT2D eigenvalue weighted by Crippen LogP contribution is 2.42. The minimum atomic E-state index is -3.40. The van der Waals surface area contributed by atoms with Crippen LogP contribution >= 0.6 is 0 Å². The number of carbonyl (C=O) groups excluding carboxylic acids is 1. The van der Waals surface area contributed by atoms with Crippen molar-refractivity contribution in [3.05, 3.63) is 53.6 Å². The molecule has 1 heterocycles. The second-order valence-corrected chi connectivity index (χ2v) is 8.64. The third kappa shape index (κ3) is 4.56. The van der Waals surface area contributed by atoms with E-state index in [0.29, 0.717) is 35.7 Å². The number of amides is 1. The van der Waals surface area contributed by atoms with Crippen molar-refractivity contribution in [1.82, 2.24) is 5.01 Å². The number of hydrogen-bond donors (Lipinski definition) is 1. The fraction of sp³-hybridized carbons (Fsp3) is 0.333. The summed E-state index contributed by atoms with van der Waals surface area (Å²) in [5, 5.41) is 6.06. The number of rotatable bonds is 7. The average Bonchev–Trinajstić information content (AvgIpc) is 3.16. The molecule has 0 aliphatic carbocycles. The standard InChI is InChI=1S/C21H25N3O5S/c1-5-20(25)24-18(16-10-7-11-19(28-2)21(16)29-3)13-17(22-24)14-8-6-9-15(12-14)23-30(4,26)27/h6-12,18,23H,5,13H2,1-4H3/t18-/m0/s1. The molecule has 0 saturated heterocycles. The van der Waals surface area contributed by atoms with Crippen LogP contribution < -0.4 is 14.2 Å². The summed E-state index contributed by atoms with van der Waals surface area (Å²) in [6.07, 6.45) is 1.85. The van der Waals surface area contributed by atoms with Crippen molar-refractivity contribution in [2.24, 2.45) is 5.10 Å². The highest BCUT2D eigenvalue weighted by atomic mass is 32.2. The lowest BCUT2D eigenvalue weighted by Crippen LogP contribution is -2.26. The minimum absolute atomic E-state index is 0.120. The van der Waals surface area contributed by atoms with Gasteiger partial charge in [0.25, 0.3) is 0 Å². The van der Waals surface area contributed by atoms with Gasteiger partial charge < -0.3 is 9.47 Å². The summed E-state index contributed by atoms with van der Waals surface area (Å²) in [6, 6.07) is 12.1. The van der Waals surface area contributed by atoms with Crippen molar-refractivity contribution in [2.45, 2.75) is 25.8 Å². The highest BCUT2D eigenvalue weighted by Gasteiger charge is 2.35. The Morgan fingerprint density at radius 1 is 1.20 bits per heavy atom. The van der Waals surface area contributed by atoms with Gasteiger partial charge in [-0.3, -0.25) is 9.52 Å². The molecule has 1 aliphatic heterocycles. The maximum atomic E-state index is 12.6. The van der Waals surface area contributed by atoms with E-state index in [0.717, 1.165) is 17.4 Å². The Morgan fingerprint density at radius 3 is 2.57 bits per heavy atom. The van der Waals surface area contributed by atoms with E-state index in [9.17, 15) is 13.2 Å². The highest BCUT2D eigenvalue weighted by molar-refractivity contribution is 7.92. The smallest absolute Gasteiger partial charge is 0.242 e. The zero-order valence-corrected chi connectivity index (χ0v) is 18.2. The van der Waals surface area contributed by atoms with Gasteiger partial charge in [0.2, 0.25) is 15.9 Å². The Labute approximate surface area is 176 Å². The molecular weight excluding hydrogens is 406 g/mol. The number of methoxy groups -OCH3 is 2. The molecule has 0 spiro atoms. The first kappa shape index (κ1) is 21.6. The van der Waals surface area contributed by atoms with Gasteiger partial charge in [-0.05, 0) is 23.8 Å². The molecule has 0 saturated carbocycles. The van der Waals surface area contributed by atoms with Crippen LogP contribution in [0.5, 0.6) is 11.5 Å². The monoisotopic (exact) mass is 431 g/mol. The number of nitrogens with zero attached hydrogens (tertiary/aromatic N) is 2. The van der Waals surface area contributed by atoms with Crippen molar-refractivity contribution in [3.8, 4) is 11.5 Å². The van der Waals surface area contributed by atoms with Crippen LogP contribution in [0.2, 0.25) is 0 Å². The van der Waals surface area contributed by atoms with E-state index in [1.54, 1.807) is 45.4 Å². The van der Waals surface area contributed by atoms with Crippen LogP contribution in [0.25, 0.3) is 0 Å². The molecule has 1 amide bonds. The van der Waals surface area contributed by atoms with Crippen molar-refractivity contribution in [1.29, 1.82) is 0 Å². The summed E-state index contributed by atoms with van der Waals surface area (Å²) in [4.78, 5) is 12.6. The zero-order valence-electron chi connectivity index (χ0n) is 17.4. The summed E-state index contributed by atoms with van der Waals surface area (Å²) in [6.45, 7) is 1.78. The molecule has 2 aromatic carbocycles. The largest absolute Gasteiger partial charge is 0.493 e. The Balaban J connectivity index is 2.01. The molecule has 1 aliphatic rings. The van der Waals surface area contributed by atoms with Gasteiger partial charge in [0.1, 0.15) is 0 Å². The van der Waals surface area contributed by atoms with Crippen LogP contribution in [0, 0.1) is 0 Å². The van der Waals surface area contributed by atoms with Crippen LogP contribution in [0.15, 0.2) is 47.6 Å². The summed E-state index contributed by atoms with van der Waals surface area (Å²) < 4.78 is 36.6. The van der Waals surface area contributed by atoms with Crippen molar-refractivity contribution in [3.63, 3.8) is 0 Å². The summed E-state index contributed by atoms with van der Waals surface area (Å²) >= 11 is 0. The molecule has 160 valence electrons. The molecule has 2 aromatic rings. The first-order valence-corrected chi connectivity index (χ1v) is 11.3. The van der Waals surface area contributed by atoms with E-state index in [-0.39, 0.29) is 11.9 Å². The van der Waals surface area contributed by atoms with Crippen LogP contribution in [-0.2, 0) is 14.8 Å². The number of ether oxygens (including phenoxy) is 2. The maximum absolute atomic E-state index is 12.6. The molecule has 0 bridgehead atoms. The van der Waals surface area contributed by atoms with E-state index < -0.39 is 10.0 Å². The number of nitrogens with one attached hydrogen (secondary N) is 1. The lowest BCUT2D eigenvalue weighted by atomic mass is 9.97. The molecule has 1 N–H and O–H groups in total. The summed E-state index contributed by atoms with van der Waals surface area (Å²) in [5.74, 6) is 1.01. The van der Waals surface area contributed by atoms with Crippen molar-refractivity contribution < 1.29 is 22.7 Å². The van der Waals surface area contributed by atoms with E-state index in [1.165, 1.54) is 5.01 Å². The predicted molar refractivity (Wildman–Crippen MR) is 115 cm³/mol. The second kappa shape index (κ2) is 8.74. The molecule has 0 radical (unpaired) electrons. The molecule has 30 heavy (non-hydrogen) atoms. The minimum Gasteiger partial charge on any atom is -0.493 e. The predicted octanol–water partition coefficient (Wildman–Crippen LogP) is 3.16. The van der Waals surface area contributed by atoms with Gasteiger partial charge in [-0.15, -0.1) is 0 Å². The normalized spacial score (nSPS) is 16.2. The number of para-hydroxylation sites is 1. The number of sulfonamides is 1. The van der Waals surface area contributed by atoms with E-state index in [2.05, 4.69) is 9.82 Å². The Morgan fingerprint density at radius 2 is 1.93 bits per heavy atom. The maximum Gasteiger partial charge on any atom is 0.242 e. The van der Waals surface area contributed by atoms with Crippen molar-refractivity contribution >= 4 is 27.3 Å². The van der Waals surface area contributed by atoms with Crippen LogP contribution in [0.3, 0.4) is 0 Å². The van der Waals surface area contributed by atoms with Gasteiger partial charge in [0, 0.05) is 24.1 Å². The van der Waals surface area contributed by atoms with Gasteiger partial charge in [-0.25, -0.2) is 13.4 Å². The van der Waals surface area contributed by atoms with Crippen LogP contribution in [0.1, 0.15) is 36.9 Å². The first-order valence-electron chi connectivity index (χ1n) is 9.46. The van der Waals surface area contributed by atoms with Gasteiger partial charge in [0.05, 0.1) is 32.2 Å². The lowest BCUT2D eigenvalue weighted by molar-refractivity contribution is -0.132. The quantitative estimate of drug-likeness (QED) is 0.726. The van der Waals surface area contributed by atoms with Crippen molar-refractivity contribution in [2.75, 3.05) is 25.2 Å². The SMILES string of the molecule is CCC(=O)N1N=C(c2cccc(NS(C)(=O)=O)c2)C[C@H]1c1cccc(OC)c1OC. The van der Waals surface area contributed by atoms with E-state index in [4.69, 9.17) is 9.47 Å². The number of anilines is 1. The third-order valence-corrected chi connectivity index (χ3v) is 5.37. The number of hydrogen-bond acceptors (Lipinski definition) is 6. The Kier molecular flexibility index (Phi) is 6.31. The topological polar surface area (TPSA) is 97.3 Å². The first-order chi connectivity index (χ1) is 14.3. The molecule has 3 rings (SSSR count). The lowest BCUT2D eigenvalue weighted by Gasteiger charge is -2.24. The Hall–Kier alpha value is -3.07. The fourth-order valence-corrected chi connectivity index (χ4v) is 4.02. The average molecular weight is 432 g/mol. The van der Waals surface area contributed by atoms with Gasteiger partial charge in [-0.1, -0.05) is 31.2 Å². The van der Waals surface area contributed by atoms with Gasteiger partial charge in [-0.2, -0.15) is 5.10 Å². The van der Waals surface area contributed by atoms with Gasteiger partial charge in [0.15, 0.2) is 11.5 Å². The molecule has 0 unspecified atom stereocenters. The molecular formula is C21H25N3O5S. The zero-order chi connectivity index (χ0) is 21.9. The van der Waals surface area contributed by atoms with E-state index in [1.807, 2.05) is 18.2 Å². The number of hydrazone groups is 1. The van der Waals surface area contributed by atoms with Crippen LogP contribution in [-0.4, -0.2) is 45.5 Å². The summed E-state index contributed by atoms with van der Waals surface area (Å²) in [5.41, 5.74) is 2.65. The van der Waals surface area contributed by atoms with Crippen LogP contribution in [0.4, 0.5) is 5.69 Å². The second-order valence-electron chi connectivity index (χ2n) is 6.90. The molecule has 0 fully saturated rings. The van der Waals surface area contributed by atoms with Gasteiger partial charge >= 0.3 is 0 Å². The molecule has 0 aromatic heterocycles. The fourth-order valence-electron chi connectivity index (χ4n) is 3.47. The number of benzene rings is 2. The molecule has 9 heteroatoms. The Bertz CT molecular complexity index is 1080. The molecule has 8 nitrogen and oxygen atoms in total. The molecule has 1 atom stereocenters. The third-order valence-electron chi connectivity index (χ3n) is 4.76. The van der Waals surface area contributed by atoms with E-state index >= 15 is 0 Å². The summed E-state index contributed by atoms with van der Waals surface area (Å²) in [7, 11) is -0.278.